The molecule has 2 aromatic rings. The SMILES string of the molecule is Cc1nc(Cc2ccccc2)sc1C(=O)N(CC(=O)O)CC(C)C. The minimum absolute atomic E-state index is 0.199. The molecule has 0 fully saturated rings. The van der Waals surface area contributed by atoms with Crippen LogP contribution in [0.15, 0.2) is 30.3 Å². The number of carboxylic acid groups (broad SMARTS) is 1. The smallest absolute Gasteiger partial charge is 0.323 e. The number of carboxylic acids is 1. The standard InChI is InChI=1S/C18H22N2O3S/c1-12(2)10-20(11-16(21)22)18(23)17-13(3)19-15(24-17)9-14-7-5-4-6-8-14/h4-8,12H,9-11H2,1-3H3,(H,21,22). The zero-order valence-electron chi connectivity index (χ0n) is 14.2. The van der Waals surface area contributed by atoms with Gasteiger partial charge in [0.05, 0.1) is 10.7 Å². The van der Waals surface area contributed by atoms with Crippen molar-refractivity contribution in [2.24, 2.45) is 5.92 Å². The molecule has 1 aromatic carbocycles. The van der Waals surface area contributed by atoms with Gasteiger partial charge in [0.2, 0.25) is 0 Å². The molecule has 0 spiro atoms. The van der Waals surface area contributed by atoms with Crippen LogP contribution < -0.4 is 0 Å². The average molecular weight is 346 g/mol. The summed E-state index contributed by atoms with van der Waals surface area (Å²) in [5, 5.41) is 9.92. The monoisotopic (exact) mass is 346 g/mol. The van der Waals surface area contributed by atoms with Crippen LogP contribution in [0.2, 0.25) is 0 Å². The molecule has 0 unspecified atom stereocenters. The van der Waals surface area contributed by atoms with Gasteiger partial charge >= 0.3 is 5.97 Å². The fourth-order valence-corrected chi connectivity index (χ4v) is 3.53. The number of hydrogen-bond donors (Lipinski definition) is 1. The Morgan fingerprint density at radius 1 is 1.25 bits per heavy atom. The van der Waals surface area contributed by atoms with Crippen molar-refractivity contribution in [3.63, 3.8) is 0 Å². The summed E-state index contributed by atoms with van der Waals surface area (Å²) in [4.78, 5) is 30.2. The van der Waals surface area contributed by atoms with E-state index in [2.05, 4.69) is 4.98 Å². The minimum Gasteiger partial charge on any atom is -0.480 e. The molecule has 0 saturated carbocycles. The maximum atomic E-state index is 12.7. The molecule has 1 heterocycles. The molecular formula is C18H22N2O3S. The first-order chi connectivity index (χ1) is 11.4. The highest BCUT2D eigenvalue weighted by Crippen LogP contribution is 2.23. The Kier molecular flexibility index (Phi) is 6.09. The lowest BCUT2D eigenvalue weighted by molar-refractivity contribution is -0.137. The van der Waals surface area contributed by atoms with Gasteiger partial charge in [0.1, 0.15) is 11.4 Å². The summed E-state index contributed by atoms with van der Waals surface area (Å²) in [5.74, 6) is -1.05. The lowest BCUT2D eigenvalue weighted by atomic mass is 10.2. The van der Waals surface area contributed by atoms with Crippen molar-refractivity contribution < 1.29 is 14.7 Å². The van der Waals surface area contributed by atoms with Gasteiger partial charge in [-0.25, -0.2) is 4.98 Å². The van der Waals surface area contributed by atoms with E-state index in [1.807, 2.05) is 44.2 Å². The Labute approximate surface area is 146 Å². The topological polar surface area (TPSA) is 70.5 Å². The van der Waals surface area contributed by atoms with E-state index in [1.165, 1.54) is 16.2 Å². The molecule has 128 valence electrons. The summed E-state index contributed by atoms with van der Waals surface area (Å²) < 4.78 is 0. The number of carbonyl (C=O) groups is 2. The maximum Gasteiger partial charge on any atom is 0.323 e. The van der Waals surface area contributed by atoms with Crippen LogP contribution >= 0.6 is 11.3 Å². The van der Waals surface area contributed by atoms with Crippen molar-refractivity contribution in [3.8, 4) is 0 Å². The highest BCUT2D eigenvalue weighted by atomic mass is 32.1. The molecule has 5 nitrogen and oxygen atoms in total. The van der Waals surface area contributed by atoms with Gasteiger partial charge in [-0.05, 0) is 18.4 Å². The number of thiazole rings is 1. The number of amides is 1. The molecule has 1 aromatic heterocycles. The fourth-order valence-electron chi connectivity index (χ4n) is 2.46. The molecule has 0 atom stereocenters. The second-order valence-electron chi connectivity index (χ2n) is 6.16. The zero-order valence-corrected chi connectivity index (χ0v) is 15.0. The van der Waals surface area contributed by atoms with E-state index in [0.717, 1.165) is 10.6 Å². The summed E-state index contributed by atoms with van der Waals surface area (Å²) in [6.07, 6.45) is 0.669. The minimum atomic E-state index is -1.00. The third-order valence-electron chi connectivity index (χ3n) is 3.43. The third kappa shape index (κ3) is 4.89. The summed E-state index contributed by atoms with van der Waals surface area (Å²) in [7, 11) is 0. The largest absolute Gasteiger partial charge is 0.480 e. The first-order valence-corrected chi connectivity index (χ1v) is 8.69. The Morgan fingerprint density at radius 3 is 2.50 bits per heavy atom. The Morgan fingerprint density at radius 2 is 1.92 bits per heavy atom. The predicted molar refractivity (Wildman–Crippen MR) is 94.5 cm³/mol. The number of hydrogen-bond acceptors (Lipinski definition) is 4. The molecule has 0 aliphatic rings. The van der Waals surface area contributed by atoms with E-state index in [9.17, 15) is 9.59 Å². The highest BCUT2D eigenvalue weighted by molar-refractivity contribution is 7.13. The van der Waals surface area contributed by atoms with Gasteiger partial charge in [0, 0.05) is 13.0 Å². The second kappa shape index (κ2) is 8.06. The van der Waals surface area contributed by atoms with Gasteiger partial charge in [-0.15, -0.1) is 11.3 Å². The van der Waals surface area contributed by atoms with E-state index < -0.39 is 5.97 Å². The van der Waals surface area contributed by atoms with Crippen molar-refractivity contribution in [3.05, 3.63) is 51.5 Å². The number of rotatable bonds is 7. The van der Waals surface area contributed by atoms with Gasteiger partial charge in [-0.2, -0.15) is 0 Å². The normalized spacial score (nSPS) is 10.8. The molecule has 1 amide bonds. The zero-order chi connectivity index (χ0) is 17.7. The molecular weight excluding hydrogens is 324 g/mol. The van der Waals surface area contributed by atoms with E-state index >= 15 is 0 Å². The van der Waals surface area contributed by atoms with Crippen LogP contribution in [-0.2, 0) is 11.2 Å². The summed E-state index contributed by atoms with van der Waals surface area (Å²) in [6, 6.07) is 9.95. The lowest BCUT2D eigenvalue weighted by Crippen LogP contribution is -2.38. The molecule has 0 saturated heterocycles. The Balaban J connectivity index is 2.20. The number of nitrogens with zero attached hydrogens (tertiary/aromatic N) is 2. The number of aromatic nitrogens is 1. The van der Waals surface area contributed by atoms with Gasteiger partial charge in [0.15, 0.2) is 0 Å². The fraction of sp³-hybridized carbons (Fsp3) is 0.389. The van der Waals surface area contributed by atoms with Crippen molar-refractivity contribution in [1.29, 1.82) is 0 Å². The average Bonchev–Trinajstić information content (AvgIpc) is 2.86. The van der Waals surface area contributed by atoms with Crippen LogP contribution in [0.3, 0.4) is 0 Å². The van der Waals surface area contributed by atoms with E-state index in [0.29, 0.717) is 23.5 Å². The molecule has 0 radical (unpaired) electrons. The molecule has 1 N–H and O–H groups in total. The lowest BCUT2D eigenvalue weighted by Gasteiger charge is -2.22. The first-order valence-electron chi connectivity index (χ1n) is 7.88. The summed E-state index contributed by atoms with van der Waals surface area (Å²) in [6.45, 7) is 5.84. The van der Waals surface area contributed by atoms with Gasteiger partial charge in [0.25, 0.3) is 5.91 Å². The van der Waals surface area contributed by atoms with Crippen LogP contribution in [0.25, 0.3) is 0 Å². The van der Waals surface area contributed by atoms with E-state index in [-0.39, 0.29) is 18.4 Å². The molecule has 2 rings (SSSR count). The second-order valence-corrected chi connectivity index (χ2v) is 7.24. The van der Waals surface area contributed by atoms with Gasteiger partial charge in [-0.1, -0.05) is 44.2 Å². The van der Waals surface area contributed by atoms with Gasteiger partial charge in [-0.3, -0.25) is 9.59 Å². The van der Waals surface area contributed by atoms with Crippen molar-refractivity contribution in [2.75, 3.05) is 13.1 Å². The number of carbonyl (C=O) groups excluding carboxylic acids is 1. The van der Waals surface area contributed by atoms with Crippen LogP contribution in [0, 0.1) is 12.8 Å². The number of aliphatic carboxylic acids is 1. The maximum absolute atomic E-state index is 12.7. The summed E-state index contributed by atoms with van der Waals surface area (Å²) >= 11 is 1.35. The molecule has 6 heteroatoms. The van der Waals surface area contributed by atoms with E-state index in [4.69, 9.17) is 5.11 Å². The van der Waals surface area contributed by atoms with Crippen molar-refractivity contribution in [1.82, 2.24) is 9.88 Å². The highest BCUT2D eigenvalue weighted by Gasteiger charge is 2.24. The first kappa shape index (κ1) is 18.1. The van der Waals surface area contributed by atoms with Crippen LogP contribution in [0.4, 0.5) is 0 Å². The predicted octanol–water partition coefficient (Wildman–Crippen LogP) is 3.23. The summed E-state index contributed by atoms with van der Waals surface area (Å²) in [5.41, 5.74) is 1.80. The Hall–Kier alpha value is -2.21. The number of benzene rings is 1. The third-order valence-corrected chi connectivity index (χ3v) is 4.58. The van der Waals surface area contributed by atoms with Crippen molar-refractivity contribution in [2.45, 2.75) is 27.2 Å². The molecule has 0 bridgehead atoms. The van der Waals surface area contributed by atoms with Crippen LogP contribution in [-0.4, -0.2) is 40.0 Å². The van der Waals surface area contributed by atoms with Crippen LogP contribution in [0.1, 0.15) is 39.8 Å². The molecule has 0 aliphatic heterocycles. The van der Waals surface area contributed by atoms with Crippen molar-refractivity contribution >= 4 is 23.2 Å². The Bertz CT molecular complexity index is 710. The molecule has 0 aliphatic carbocycles. The van der Waals surface area contributed by atoms with Gasteiger partial charge < -0.3 is 10.0 Å². The van der Waals surface area contributed by atoms with E-state index in [1.54, 1.807) is 6.92 Å². The quantitative estimate of drug-likeness (QED) is 0.835. The molecule has 24 heavy (non-hydrogen) atoms. The van der Waals surface area contributed by atoms with Crippen LogP contribution in [0.5, 0.6) is 0 Å². The number of aryl methyl sites for hydroxylation is 1.